The molecule has 0 aliphatic heterocycles. The largest absolute Gasteiger partial charge is 0.465 e. The molecule has 0 saturated heterocycles. The lowest BCUT2D eigenvalue weighted by molar-refractivity contribution is -0.122. The maximum Gasteiger partial charge on any atom is 0.339 e. The Morgan fingerprint density at radius 3 is 2.74 bits per heavy atom. The first-order valence-corrected chi connectivity index (χ1v) is 5.70. The van der Waals surface area contributed by atoms with Crippen LogP contribution >= 0.6 is 0 Å². The standard InChI is InChI=1S/C12H17N3O4/c1-8-9(12(17)18-2)3-4-11(15-8)14-5-6-19-7-10(13)16/h3-4H,5-7H2,1-2H3,(H2,13,16)(H,14,15). The Morgan fingerprint density at radius 1 is 1.42 bits per heavy atom. The number of hydrogen-bond donors (Lipinski definition) is 2. The summed E-state index contributed by atoms with van der Waals surface area (Å²) < 4.78 is 9.62. The Kier molecular flexibility index (Phi) is 5.74. The van der Waals surface area contributed by atoms with E-state index >= 15 is 0 Å². The zero-order valence-corrected chi connectivity index (χ0v) is 10.9. The number of aromatic nitrogens is 1. The predicted octanol–water partition coefficient (Wildman–Crippen LogP) is 0.0904. The number of pyridine rings is 1. The highest BCUT2D eigenvalue weighted by Crippen LogP contribution is 2.11. The molecule has 0 radical (unpaired) electrons. The average molecular weight is 267 g/mol. The van der Waals surface area contributed by atoms with Gasteiger partial charge in [-0.25, -0.2) is 9.78 Å². The zero-order chi connectivity index (χ0) is 14.3. The second kappa shape index (κ2) is 7.32. The third kappa shape index (κ3) is 4.92. The first kappa shape index (κ1) is 14.9. The molecule has 0 spiro atoms. The maximum absolute atomic E-state index is 11.4. The number of methoxy groups -OCH3 is 1. The minimum atomic E-state index is -0.503. The van der Waals surface area contributed by atoms with E-state index in [9.17, 15) is 9.59 Å². The van der Waals surface area contributed by atoms with Crippen molar-refractivity contribution in [2.75, 3.05) is 32.2 Å². The van der Waals surface area contributed by atoms with Crippen LogP contribution in [0.2, 0.25) is 0 Å². The molecule has 7 nitrogen and oxygen atoms in total. The number of hydrogen-bond acceptors (Lipinski definition) is 6. The molecule has 0 saturated carbocycles. The first-order chi connectivity index (χ1) is 9.04. The van der Waals surface area contributed by atoms with E-state index in [-0.39, 0.29) is 6.61 Å². The summed E-state index contributed by atoms with van der Waals surface area (Å²) in [6.07, 6.45) is 0. The van der Waals surface area contributed by atoms with Crippen LogP contribution in [-0.4, -0.2) is 43.7 Å². The van der Waals surface area contributed by atoms with Gasteiger partial charge >= 0.3 is 5.97 Å². The summed E-state index contributed by atoms with van der Waals surface area (Å²) in [6, 6.07) is 3.31. The van der Waals surface area contributed by atoms with Crippen LogP contribution in [0.15, 0.2) is 12.1 Å². The molecule has 0 fully saturated rings. The Morgan fingerprint density at radius 2 is 2.16 bits per heavy atom. The quantitative estimate of drug-likeness (QED) is 0.536. The van der Waals surface area contributed by atoms with Gasteiger partial charge in [0.1, 0.15) is 12.4 Å². The van der Waals surface area contributed by atoms with Gasteiger partial charge in [-0.15, -0.1) is 0 Å². The van der Waals surface area contributed by atoms with E-state index in [1.54, 1.807) is 19.1 Å². The van der Waals surface area contributed by atoms with Gasteiger partial charge in [0.2, 0.25) is 5.91 Å². The van der Waals surface area contributed by atoms with Gasteiger partial charge in [0.15, 0.2) is 0 Å². The molecule has 7 heteroatoms. The van der Waals surface area contributed by atoms with Crippen LogP contribution in [-0.2, 0) is 14.3 Å². The fourth-order valence-electron chi connectivity index (χ4n) is 1.41. The van der Waals surface area contributed by atoms with Crippen LogP contribution in [0, 0.1) is 6.92 Å². The van der Waals surface area contributed by atoms with Crippen molar-refractivity contribution in [2.45, 2.75) is 6.92 Å². The molecule has 0 atom stereocenters. The van der Waals surface area contributed by atoms with Crippen LogP contribution in [0.1, 0.15) is 16.1 Å². The van der Waals surface area contributed by atoms with Crippen molar-refractivity contribution in [2.24, 2.45) is 5.73 Å². The van der Waals surface area contributed by atoms with Crippen molar-refractivity contribution in [1.82, 2.24) is 4.98 Å². The highest BCUT2D eigenvalue weighted by Gasteiger charge is 2.10. The Labute approximate surface area is 111 Å². The first-order valence-electron chi connectivity index (χ1n) is 5.70. The van der Waals surface area contributed by atoms with Gasteiger partial charge in [-0.05, 0) is 19.1 Å². The van der Waals surface area contributed by atoms with Crippen molar-refractivity contribution < 1.29 is 19.1 Å². The summed E-state index contributed by atoms with van der Waals surface area (Å²) in [4.78, 5) is 26.0. The second-order valence-corrected chi connectivity index (χ2v) is 3.77. The predicted molar refractivity (Wildman–Crippen MR) is 68.8 cm³/mol. The van der Waals surface area contributed by atoms with E-state index < -0.39 is 11.9 Å². The van der Waals surface area contributed by atoms with Crippen molar-refractivity contribution in [3.05, 3.63) is 23.4 Å². The highest BCUT2D eigenvalue weighted by molar-refractivity contribution is 5.90. The van der Waals surface area contributed by atoms with Crippen molar-refractivity contribution in [3.8, 4) is 0 Å². The number of rotatable bonds is 7. The highest BCUT2D eigenvalue weighted by atomic mass is 16.5. The molecule has 1 rings (SSSR count). The van der Waals surface area contributed by atoms with Crippen molar-refractivity contribution >= 4 is 17.7 Å². The molecule has 1 aromatic rings. The average Bonchev–Trinajstić information content (AvgIpc) is 2.37. The summed E-state index contributed by atoms with van der Waals surface area (Å²) in [5, 5.41) is 3.00. The third-order valence-corrected chi connectivity index (χ3v) is 2.29. The lowest BCUT2D eigenvalue weighted by Gasteiger charge is -2.08. The maximum atomic E-state index is 11.4. The fourth-order valence-corrected chi connectivity index (χ4v) is 1.41. The van der Waals surface area contributed by atoms with E-state index in [2.05, 4.69) is 15.0 Å². The van der Waals surface area contributed by atoms with Crippen LogP contribution in [0.5, 0.6) is 0 Å². The molecule has 104 valence electrons. The van der Waals surface area contributed by atoms with Gasteiger partial charge in [0, 0.05) is 6.54 Å². The van der Waals surface area contributed by atoms with Gasteiger partial charge in [-0.2, -0.15) is 0 Å². The summed E-state index contributed by atoms with van der Waals surface area (Å²) in [5.41, 5.74) is 5.93. The summed E-state index contributed by atoms with van der Waals surface area (Å²) in [6.45, 7) is 2.44. The molecule has 1 heterocycles. The van der Waals surface area contributed by atoms with Crippen LogP contribution in [0.3, 0.4) is 0 Å². The van der Waals surface area contributed by atoms with Crippen LogP contribution in [0.25, 0.3) is 0 Å². The van der Waals surface area contributed by atoms with Crippen molar-refractivity contribution in [3.63, 3.8) is 0 Å². The van der Waals surface area contributed by atoms with E-state index in [1.165, 1.54) is 7.11 Å². The monoisotopic (exact) mass is 267 g/mol. The molecule has 19 heavy (non-hydrogen) atoms. The number of aryl methyl sites for hydroxylation is 1. The Hall–Kier alpha value is -2.15. The molecule has 0 aromatic carbocycles. The minimum Gasteiger partial charge on any atom is -0.465 e. The number of esters is 1. The Balaban J connectivity index is 2.45. The van der Waals surface area contributed by atoms with Crippen molar-refractivity contribution in [1.29, 1.82) is 0 Å². The van der Waals surface area contributed by atoms with E-state index in [4.69, 9.17) is 10.5 Å². The molecular formula is C12H17N3O4. The van der Waals surface area contributed by atoms with Gasteiger partial charge < -0.3 is 20.5 Å². The lowest BCUT2D eigenvalue weighted by atomic mass is 10.2. The van der Waals surface area contributed by atoms with E-state index in [0.29, 0.717) is 30.2 Å². The number of ether oxygens (including phenoxy) is 2. The topological polar surface area (TPSA) is 104 Å². The Bertz CT molecular complexity index is 462. The fraction of sp³-hybridized carbons (Fsp3) is 0.417. The lowest BCUT2D eigenvalue weighted by Crippen LogP contribution is -2.20. The van der Waals surface area contributed by atoms with Gasteiger partial charge in [-0.3, -0.25) is 4.79 Å². The zero-order valence-electron chi connectivity index (χ0n) is 10.9. The summed E-state index contributed by atoms with van der Waals surface area (Å²) in [7, 11) is 1.32. The van der Waals surface area contributed by atoms with Gasteiger partial charge in [0.25, 0.3) is 0 Å². The molecule has 0 bridgehead atoms. The summed E-state index contributed by atoms with van der Waals surface area (Å²) >= 11 is 0. The molecule has 3 N–H and O–H groups in total. The number of nitrogens with zero attached hydrogens (tertiary/aromatic N) is 1. The van der Waals surface area contributed by atoms with E-state index in [1.807, 2.05) is 0 Å². The molecule has 1 amide bonds. The normalized spacial score (nSPS) is 10.0. The molecule has 1 aromatic heterocycles. The SMILES string of the molecule is COC(=O)c1ccc(NCCOCC(N)=O)nc1C. The second-order valence-electron chi connectivity index (χ2n) is 3.77. The number of nitrogens with two attached hydrogens (primary N) is 1. The van der Waals surface area contributed by atoms with Gasteiger partial charge in [0.05, 0.1) is 25.0 Å². The number of carbonyl (C=O) groups is 2. The number of nitrogens with one attached hydrogen (secondary N) is 1. The van der Waals surface area contributed by atoms with Crippen LogP contribution in [0.4, 0.5) is 5.82 Å². The molecule has 0 aliphatic carbocycles. The number of carbonyl (C=O) groups excluding carboxylic acids is 2. The van der Waals surface area contributed by atoms with E-state index in [0.717, 1.165) is 0 Å². The summed E-state index contributed by atoms with van der Waals surface area (Å²) in [5.74, 6) is -0.300. The molecule has 0 unspecified atom stereocenters. The number of anilines is 1. The minimum absolute atomic E-state index is 0.102. The number of primary amides is 1. The molecular weight excluding hydrogens is 250 g/mol. The smallest absolute Gasteiger partial charge is 0.339 e. The van der Waals surface area contributed by atoms with Crippen LogP contribution < -0.4 is 11.1 Å². The molecule has 0 aliphatic rings. The number of amides is 1. The third-order valence-electron chi connectivity index (χ3n) is 2.29. The van der Waals surface area contributed by atoms with Gasteiger partial charge in [-0.1, -0.05) is 0 Å².